The largest absolute Gasteiger partial charge is 2.00 e. The normalized spacial score (nSPS) is 9.14. The van der Waals surface area contributed by atoms with E-state index in [1.54, 1.807) is 0 Å². The Hall–Kier alpha value is -0.241. The molecule has 1 radical (unpaired) electrons. The van der Waals surface area contributed by atoms with E-state index in [0.717, 1.165) is 0 Å². The third kappa shape index (κ3) is 41.0. The summed E-state index contributed by atoms with van der Waals surface area (Å²) in [7, 11) is -10.1. The Morgan fingerprint density at radius 3 is 1.00 bits per heavy atom. The summed E-state index contributed by atoms with van der Waals surface area (Å²) in [5, 5.41) is 12.5. The first kappa shape index (κ1) is 23.5. The quantitative estimate of drug-likeness (QED) is 0.294. The first-order valence-corrected chi connectivity index (χ1v) is 5.04. The van der Waals surface area contributed by atoms with Gasteiger partial charge in [0.25, 0.3) is 0 Å². The van der Waals surface area contributed by atoms with Crippen molar-refractivity contribution >= 4 is 15.6 Å². The molecular weight excluding hydrogens is 290 g/mol. The van der Waals surface area contributed by atoms with Gasteiger partial charge in [-0.25, -0.2) is 9.13 Å². The molecule has 0 aliphatic heterocycles. The molecule has 0 aromatic carbocycles. The number of rotatable bonds is 2. The van der Waals surface area contributed by atoms with Crippen LogP contribution in [0.4, 0.5) is 0 Å². The van der Waals surface area contributed by atoms with Gasteiger partial charge in [-0.2, -0.15) is 4.31 Å². The van der Waals surface area contributed by atoms with Crippen molar-refractivity contribution in [3.63, 3.8) is 0 Å². The number of hydrogen-bond donors (Lipinski definition) is 4. The maximum absolute atomic E-state index is 9.63. The summed E-state index contributed by atoms with van der Waals surface area (Å²) < 4.78 is 22.2. The van der Waals surface area contributed by atoms with Gasteiger partial charge in [0.2, 0.25) is 0 Å². The average molecular weight is 294 g/mol. The van der Waals surface area contributed by atoms with Crippen molar-refractivity contribution < 1.29 is 50.1 Å². The van der Waals surface area contributed by atoms with Crippen LogP contribution in [0.15, 0.2) is 0 Å². The molecule has 9 nitrogen and oxygen atoms in total. The Bertz CT molecular complexity index is 225. The fourth-order valence-electron chi connectivity index (χ4n) is 0.139. The number of phosphoric acid groups is 2. The monoisotopic (exact) mass is 293 g/mol. The minimum Gasteiger partial charge on any atom is -0.512 e. The molecule has 0 rings (SSSR count). The Kier molecular flexibility index (Phi) is 18.2. The van der Waals surface area contributed by atoms with Crippen LogP contribution in [0.3, 0.4) is 0 Å². The SMILES string of the molecule is O=P(O)(O)OP(=O)(O)O.[C-]#N.[C-]#N.[Cu+2]. The van der Waals surface area contributed by atoms with Gasteiger partial charge in [-0.05, 0) is 0 Å². The predicted octanol–water partition coefficient (Wildman–Crippen LogP) is -0.621. The van der Waals surface area contributed by atoms with Crippen molar-refractivity contribution in [3.8, 4) is 0 Å². The van der Waals surface area contributed by atoms with E-state index < -0.39 is 15.6 Å². The zero-order chi connectivity index (χ0) is 11.7. The van der Waals surface area contributed by atoms with Gasteiger partial charge in [-0.1, -0.05) is 0 Å². The zero-order valence-electron chi connectivity index (χ0n) is 6.10. The van der Waals surface area contributed by atoms with Crippen molar-refractivity contribution in [2.75, 3.05) is 0 Å². The van der Waals surface area contributed by atoms with Crippen molar-refractivity contribution in [2.45, 2.75) is 0 Å². The fourth-order valence-corrected chi connectivity index (χ4v) is 1.25. The van der Waals surface area contributed by atoms with E-state index in [1.165, 1.54) is 0 Å². The van der Waals surface area contributed by atoms with Crippen LogP contribution < -0.4 is 0 Å². The van der Waals surface area contributed by atoms with Crippen LogP contribution in [0.1, 0.15) is 0 Å². The Labute approximate surface area is 89.9 Å². The fraction of sp³-hybridized carbons (Fsp3) is 0. The third-order valence-electron chi connectivity index (χ3n) is 0.213. The van der Waals surface area contributed by atoms with E-state index in [-0.39, 0.29) is 17.1 Å². The summed E-state index contributed by atoms with van der Waals surface area (Å²) in [6.45, 7) is 9.50. The molecule has 85 valence electrons. The molecule has 0 saturated carbocycles. The average Bonchev–Trinajstić information content (AvgIpc) is 1.88. The molecule has 0 unspecified atom stereocenters. The van der Waals surface area contributed by atoms with E-state index in [1.807, 2.05) is 0 Å². The molecule has 0 aromatic rings. The first-order chi connectivity index (χ1) is 5.71. The molecule has 0 atom stereocenters. The Balaban J connectivity index is -0.0000000883. The van der Waals surface area contributed by atoms with E-state index in [2.05, 4.69) is 4.31 Å². The van der Waals surface area contributed by atoms with Crippen molar-refractivity contribution in [1.29, 1.82) is 10.5 Å². The van der Waals surface area contributed by atoms with Gasteiger partial charge in [-0.15, -0.1) is 0 Å². The standard InChI is InChI=1S/2CN.Cu.H4O7P2/c2*1-2;;1-8(2,3)7-9(4,5)6/h;;;(H2,1,2,3)(H2,4,5,6)/q2*-1;+2;. The molecule has 0 spiro atoms. The number of hydrogen-bond acceptors (Lipinski definition) is 5. The van der Waals surface area contributed by atoms with Gasteiger partial charge >= 0.3 is 32.7 Å². The van der Waals surface area contributed by atoms with Crippen LogP contribution in [0.25, 0.3) is 0 Å². The summed E-state index contributed by atoms with van der Waals surface area (Å²) >= 11 is 0. The van der Waals surface area contributed by atoms with Crippen LogP contribution in [0, 0.1) is 23.7 Å². The van der Waals surface area contributed by atoms with Crippen LogP contribution in [-0.4, -0.2) is 19.6 Å². The van der Waals surface area contributed by atoms with Crippen LogP contribution in [0.5, 0.6) is 0 Å². The predicted molar refractivity (Wildman–Crippen MR) is 35.1 cm³/mol. The molecule has 0 aromatic heterocycles. The molecule has 0 bridgehead atoms. The molecular formula is C2H4CuN2O7P2. The summed E-state index contributed by atoms with van der Waals surface area (Å²) in [5.74, 6) is 0. The maximum atomic E-state index is 9.63. The van der Waals surface area contributed by atoms with Crippen LogP contribution in [-0.2, 0) is 30.5 Å². The van der Waals surface area contributed by atoms with E-state index in [9.17, 15) is 9.13 Å². The Morgan fingerprint density at radius 2 is 1.00 bits per heavy atom. The molecule has 0 amide bonds. The van der Waals surface area contributed by atoms with Crippen molar-refractivity contribution in [3.05, 3.63) is 13.1 Å². The minimum atomic E-state index is -5.05. The molecule has 0 saturated heterocycles. The summed E-state index contributed by atoms with van der Waals surface area (Å²) in [6.07, 6.45) is 0. The van der Waals surface area contributed by atoms with Gasteiger partial charge < -0.3 is 43.2 Å². The zero-order valence-corrected chi connectivity index (χ0v) is 8.83. The van der Waals surface area contributed by atoms with E-state index in [0.29, 0.717) is 0 Å². The van der Waals surface area contributed by atoms with Gasteiger partial charge in [0, 0.05) is 0 Å². The van der Waals surface area contributed by atoms with E-state index in [4.69, 9.17) is 43.2 Å². The van der Waals surface area contributed by atoms with Gasteiger partial charge in [0.1, 0.15) is 0 Å². The summed E-state index contributed by atoms with van der Waals surface area (Å²) in [5.41, 5.74) is 0. The van der Waals surface area contributed by atoms with E-state index >= 15 is 0 Å². The van der Waals surface area contributed by atoms with Gasteiger partial charge in [0.05, 0.1) is 0 Å². The second-order valence-electron chi connectivity index (χ2n) is 1.06. The molecule has 12 heteroatoms. The molecule has 4 N–H and O–H groups in total. The molecule has 0 fully saturated rings. The van der Waals surface area contributed by atoms with Crippen LogP contribution >= 0.6 is 15.6 Å². The summed E-state index contributed by atoms with van der Waals surface area (Å²) in [4.78, 5) is 31.0. The Morgan fingerprint density at radius 1 is 0.857 bits per heavy atom. The van der Waals surface area contributed by atoms with Gasteiger partial charge in [-0.3, -0.25) is 0 Å². The smallest absolute Gasteiger partial charge is 0.512 e. The number of nitrogens with zero attached hydrogens (tertiary/aromatic N) is 2. The van der Waals surface area contributed by atoms with Crippen LogP contribution in [0.2, 0.25) is 0 Å². The molecule has 0 aliphatic rings. The first-order valence-electron chi connectivity index (χ1n) is 1.98. The summed E-state index contributed by atoms with van der Waals surface area (Å²) in [6, 6.07) is 0. The second-order valence-corrected chi connectivity index (χ2v) is 3.68. The van der Waals surface area contributed by atoms with Crippen molar-refractivity contribution in [2.24, 2.45) is 0 Å². The third-order valence-corrected chi connectivity index (χ3v) is 1.91. The topological polar surface area (TPSA) is 172 Å². The van der Waals surface area contributed by atoms with Gasteiger partial charge in [0.15, 0.2) is 0 Å². The molecule has 0 aliphatic carbocycles. The molecule has 0 heterocycles. The maximum Gasteiger partial charge on any atom is 2.00 e. The molecule has 14 heavy (non-hydrogen) atoms. The minimum absolute atomic E-state index is 0. The second kappa shape index (κ2) is 10.8. The van der Waals surface area contributed by atoms with Crippen molar-refractivity contribution in [1.82, 2.24) is 0 Å².